The number of anilines is 4. The van der Waals surface area contributed by atoms with Crippen molar-refractivity contribution in [2.45, 2.75) is 76.8 Å². The molecule has 4 aromatic rings. The summed E-state index contributed by atoms with van der Waals surface area (Å²) >= 11 is 14.1. The van der Waals surface area contributed by atoms with Crippen molar-refractivity contribution in [3.8, 4) is 29.4 Å². The third-order valence-electron chi connectivity index (χ3n) is 9.66. The number of aliphatic hydroxyl groups is 2. The minimum Gasteiger partial charge on any atom is -0.497 e. The van der Waals surface area contributed by atoms with Gasteiger partial charge in [0, 0.05) is 30.9 Å². The number of hydrogen-bond donors (Lipinski definition) is 7. The molecule has 4 atom stereocenters. The Bertz CT molecular complexity index is 2140. The van der Waals surface area contributed by atoms with E-state index in [1.807, 2.05) is 48.6 Å². The van der Waals surface area contributed by atoms with Crippen LogP contribution < -0.4 is 26.8 Å². The van der Waals surface area contributed by atoms with E-state index in [4.69, 9.17) is 44.8 Å². The highest BCUT2D eigenvalue weighted by Gasteiger charge is 2.26. The van der Waals surface area contributed by atoms with Crippen LogP contribution in [0.25, 0.3) is 0 Å². The van der Waals surface area contributed by atoms with Crippen LogP contribution in [0.2, 0.25) is 10.3 Å². The number of thiophene rings is 1. The molecular weight excluding hydrogens is 781 g/mol. The molecule has 300 valence electrons. The van der Waals surface area contributed by atoms with Gasteiger partial charge in [-0.05, 0) is 99.3 Å². The van der Waals surface area contributed by atoms with E-state index in [0.29, 0.717) is 40.3 Å². The smallest absolute Gasteiger partial charge is 0.223 e. The Morgan fingerprint density at radius 1 is 0.842 bits per heavy atom. The van der Waals surface area contributed by atoms with Gasteiger partial charge in [-0.25, -0.2) is 0 Å². The minimum absolute atomic E-state index is 0.0940. The van der Waals surface area contributed by atoms with Gasteiger partial charge in [0.25, 0.3) is 0 Å². The molecule has 0 spiro atoms. The lowest BCUT2D eigenvalue weighted by Crippen LogP contribution is -2.19. The molecule has 4 unspecified atom stereocenters. The molecular formula is C42H49Cl2N9O3S. The maximum absolute atomic E-state index is 9.38. The predicted octanol–water partition coefficient (Wildman–Crippen LogP) is 7.55. The first-order chi connectivity index (χ1) is 27.6. The van der Waals surface area contributed by atoms with E-state index >= 15 is 0 Å². The number of nitrogens with one attached hydrogen (secondary N) is 3. The normalized spacial score (nSPS) is 18.5. The van der Waals surface area contributed by atoms with Crippen molar-refractivity contribution in [1.82, 2.24) is 19.9 Å². The van der Waals surface area contributed by atoms with Crippen molar-refractivity contribution in [3.05, 3.63) is 85.3 Å². The molecule has 6 rings (SSSR count). The van der Waals surface area contributed by atoms with Crippen LogP contribution in [-0.4, -0.2) is 68.3 Å². The van der Waals surface area contributed by atoms with Crippen LogP contribution in [0.4, 0.5) is 23.5 Å². The lowest BCUT2D eigenvalue weighted by molar-refractivity contribution is 0.229. The average Bonchev–Trinajstić information content (AvgIpc) is 3.98. The Morgan fingerprint density at radius 2 is 1.40 bits per heavy atom. The first-order valence-corrected chi connectivity index (χ1v) is 20.6. The second-order valence-electron chi connectivity index (χ2n) is 13.9. The molecule has 3 heterocycles. The fourth-order valence-corrected chi connectivity index (χ4v) is 7.78. The lowest BCUT2D eigenvalue weighted by Gasteiger charge is -2.15. The van der Waals surface area contributed by atoms with Crippen molar-refractivity contribution in [2.75, 3.05) is 42.4 Å². The summed E-state index contributed by atoms with van der Waals surface area (Å²) in [4.78, 5) is 18.3. The van der Waals surface area contributed by atoms with E-state index in [0.717, 1.165) is 78.9 Å². The summed E-state index contributed by atoms with van der Waals surface area (Å²) < 4.78 is 5.14. The molecule has 2 fully saturated rings. The van der Waals surface area contributed by atoms with E-state index in [1.54, 1.807) is 7.11 Å². The summed E-state index contributed by atoms with van der Waals surface area (Å²) in [5, 5.41) is 34.1. The standard InChI is InChI=1S/C23H28ClN5OS.C19H21ClN4O2/c1-2-3-4-5-6-19(25)20-12-10-17(31-20)9-11-18-21(24)28-23(26)29-22(18)27-16-8-7-15(13-16)14-30;1-26-15-7-3-12(4-8-15)5-9-16-17(20)23-19(21)24-18(16)22-14-6-2-13(10-14)11-25/h5-6,10,12,15-16,25,30H,2-4,7-8,13-14H2,1H3,(H3,26,27,28,29);3-4,7-8,13-14,25H,2,6,10-11H2,1H3,(H3,21,22,23,24)/b6-5-,25-19?;. The third-order valence-corrected chi connectivity index (χ3v) is 11.2. The first-order valence-electron chi connectivity index (χ1n) is 19.0. The van der Waals surface area contributed by atoms with Crippen LogP contribution >= 0.6 is 34.5 Å². The Morgan fingerprint density at radius 3 is 1.91 bits per heavy atom. The summed E-state index contributed by atoms with van der Waals surface area (Å²) in [6.07, 6.45) is 12.8. The van der Waals surface area contributed by atoms with E-state index in [2.05, 4.69) is 61.2 Å². The third kappa shape index (κ3) is 12.8. The molecule has 0 bridgehead atoms. The number of nitrogens with zero attached hydrogens (tertiary/aromatic N) is 4. The number of nitrogen functional groups attached to an aromatic ring is 2. The largest absolute Gasteiger partial charge is 0.497 e. The molecule has 0 saturated heterocycles. The predicted molar refractivity (Wildman–Crippen MR) is 231 cm³/mol. The molecule has 0 radical (unpaired) electrons. The fraction of sp³-hybridized carbons (Fsp3) is 0.405. The molecule has 2 saturated carbocycles. The second kappa shape index (κ2) is 21.6. The Labute approximate surface area is 348 Å². The van der Waals surface area contributed by atoms with E-state index in [-0.39, 0.29) is 47.5 Å². The minimum atomic E-state index is 0.0940. The van der Waals surface area contributed by atoms with Crippen molar-refractivity contribution < 1.29 is 14.9 Å². The number of benzene rings is 1. The number of allylic oxidation sites excluding steroid dienone is 2. The molecule has 15 heteroatoms. The zero-order valence-corrected chi connectivity index (χ0v) is 34.4. The van der Waals surface area contributed by atoms with Crippen LogP contribution in [0.5, 0.6) is 5.75 Å². The SMILES string of the molecule is CCCC/C=C\C(=N)c1ccc(C#Cc2c(Cl)nc(N)nc2NC2CCC(CO)C2)s1.COc1ccc(C#Cc2c(Cl)nc(N)nc2NC2CCC(CO)C2)cc1. The van der Waals surface area contributed by atoms with Crippen molar-refractivity contribution in [2.24, 2.45) is 11.8 Å². The number of nitrogens with two attached hydrogens (primary N) is 2. The molecule has 1 aromatic carbocycles. The average molecular weight is 831 g/mol. The Kier molecular flexibility index (Phi) is 16.4. The van der Waals surface area contributed by atoms with Crippen LogP contribution in [-0.2, 0) is 0 Å². The van der Waals surface area contributed by atoms with Crippen LogP contribution in [0.3, 0.4) is 0 Å². The van der Waals surface area contributed by atoms with E-state index in [1.165, 1.54) is 11.3 Å². The number of rotatable bonds is 12. The van der Waals surface area contributed by atoms with Crippen molar-refractivity contribution in [1.29, 1.82) is 5.41 Å². The summed E-state index contributed by atoms with van der Waals surface area (Å²) in [7, 11) is 1.62. The van der Waals surface area contributed by atoms with Gasteiger partial charge in [0.15, 0.2) is 10.3 Å². The highest BCUT2D eigenvalue weighted by Crippen LogP contribution is 2.31. The van der Waals surface area contributed by atoms with Crippen molar-refractivity contribution >= 4 is 63.8 Å². The molecule has 12 nitrogen and oxygen atoms in total. The van der Waals surface area contributed by atoms with Crippen LogP contribution in [0.1, 0.15) is 91.2 Å². The van der Waals surface area contributed by atoms with E-state index in [9.17, 15) is 10.2 Å². The molecule has 57 heavy (non-hydrogen) atoms. The topological polar surface area (TPSA) is 201 Å². The van der Waals surface area contributed by atoms with Gasteiger partial charge >= 0.3 is 0 Å². The molecule has 3 aromatic heterocycles. The second-order valence-corrected chi connectivity index (χ2v) is 15.7. The quantitative estimate of drug-likeness (QED) is 0.0322. The van der Waals surface area contributed by atoms with Gasteiger partial charge in [0.2, 0.25) is 11.9 Å². The van der Waals surface area contributed by atoms with Gasteiger partial charge in [-0.3, -0.25) is 5.41 Å². The zero-order valence-electron chi connectivity index (χ0n) is 32.1. The van der Waals surface area contributed by atoms with Gasteiger partial charge < -0.3 is 37.1 Å². The van der Waals surface area contributed by atoms with Gasteiger partial charge in [-0.1, -0.05) is 72.7 Å². The fourth-order valence-electron chi connectivity index (χ4n) is 6.55. The summed E-state index contributed by atoms with van der Waals surface area (Å²) in [6, 6.07) is 11.6. The van der Waals surface area contributed by atoms with Gasteiger partial charge in [-0.15, -0.1) is 11.3 Å². The molecule has 2 aliphatic carbocycles. The maximum atomic E-state index is 9.38. The van der Waals surface area contributed by atoms with Gasteiger partial charge in [-0.2, -0.15) is 19.9 Å². The van der Waals surface area contributed by atoms with Gasteiger partial charge in [0.1, 0.15) is 28.5 Å². The van der Waals surface area contributed by atoms with Crippen LogP contribution in [0, 0.1) is 40.9 Å². The molecule has 9 N–H and O–H groups in total. The summed E-state index contributed by atoms with van der Waals surface area (Å²) in [5.41, 5.74) is 13.9. The number of methoxy groups -OCH3 is 1. The van der Waals surface area contributed by atoms with E-state index < -0.39 is 0 Å². The molecule has 0 amide bonds. The number of aromatic nitrogens is 4. The van der Waals surface area contributed by atoms with Gasteiger partial charge in [0.05, 0.1) is 22.6 Å². The highest BCUT2D eigenvalue weighted by atomic mass is 35.5. The molecule has 0 aliphatic heterocycles. The summed E-state index contributed by atoms with van der Waals surface area (Å²) in [5.74, 6) is 15.0. The number of ether oxygens (including phenoxy) is 1. The Hall–Kier alpha value is -4.89. The zero-order chi connectivity index (χ0) is 40.7. The molecule has 2 aliphatic rings. The number of hydrogen-bond acceptors (Lipinski definition) is 13. The summed E-state index contributed by atoms with van der Waals surface area (Å²) in [6.45, 7) is 2.55. The van der Waals surface area contributed by atoms with Crippen molar-refractivity contribution in [3.63, 3.8) is 0 Å². The highest BCUT2D eigenvalue weighted by molar-refractivity contribution is 7.14. The lowest BCUT2D eigenvalue weighted by atomic mass is 10.1. The first kappa shape index (κ1) is 43.2. The number of aliphatic hydroxyl groups excluding tert-OH is 2. The number of unbranched alkanes of at least 4 members (excludes halogenated alkanes) is 2. The number of halogens is 2. The monoisotopic (exact) mass is 829 g/mol. The van der Waals surface area contributed by atoms with Crippen LogP contribution in [0.15, 0.2) is 48.6 Å². The maximum Gasteiger partial charge on any atom is 0.223 e. The Balaban J connectivity index is 0.000000221.